The summed E-state index contributed by atoms with van der Waals surface area (Å²) in [6.45, 7) is 2.88. The molecule has 5 nitrogen and oxygen atoms in total. The van der Waals surface area contributed by atoms with E-state index in [4.69, 9.17) is 9.47 Å². The topological polar surface area (TPSA) is 71.3 Å². The van der Waals surface area contributed by atoms with Crippen molar-refractivity contribution < 1.29 is 14.3 Å². The molecule has 7 heteroatoms. The quantitative estimate of drug-likeness (QED) is 0.247. The van der Waals surface area contributed by atoms with Gasteiger partial charge in [-0.05, 0) is 67.1 Å². The summed E-state index contributed by atoms with van der Waals surface area (Å²) in [4.78, 5) is 12.5. The summed E-state index contributed by atoms with van der Waals surface area (Å²) in [7, 11) is 0. The van der Waals surface area contributed by atoms with Gasteiger partial charge in [-0.15, -0.1) is 0 Å². The van der Waals surface area contributed by atoms with Gasteiger partial charge in [0, 0.05) is 20.2 Å². The van der Waals surface area contributed by atoms with Crippen LogP contribution in [0.15, 0.2) is 81.2 Å². The monoisotopic (exact) mass is 554 g/mol. The molecule has 0 atom stereocenters. The zero-order chi connectivity index (χ0) is 22.9. The molecule has 0 heterocycles. The summed E-state index contributed by atoms with van der Waals surface area (Å²) < 4.78 is 13.2. The van der Waals surface area contributed by atoms with Crippen LogP contribution < -0.4 is 14.8 Å². The third kappa shape index (κ3) is 6.71. The summed E-state index contributed by atoms with van der Waals surface area (Å²) >= 11 is 6.95. The van der Waals surface area contributed by atoms with Crippen molar-refractivity contribution in [2.24, 2.45) is 0 Å². The van der Waals surface area contributed by atoms with Crippen molar-refractivity contribution in [3.63, 3.8) is 0 Å². The highest BCUT2D eigenvalue weighted by Crippen LogP contribution is 2.24. The summed E-state index contributed by atoms with van der Waals surface area (Å²) in [5, 5.41) is 12.2. The third-order valence-electron chi connectivity index (χ3n) is 4.39. The third-order valence-corrected chi connectivity index (χ3v) is 5.62. The molecular weight excluding hydrogens is 536 g/mol. The molecule has 0 spiro atoms. The average molecular weight is 556 g/mol. The summed E-state index contributed by atoms with van der Waals surface area (Å²) in [5.74, 6) is 0.933. The van der Waals surface area contributed by atoms with Gasteiger partial charge in [0.15, 0.2) is 0 Å². The molecule has 0 fully saturated rings. The highest BCUT2D eigenvalue weighted by Gasteiger charge is 2.10. The smallest absolute Gasteiger partial charge is 0.266 e. The Morgan fingerprint density at radius 1 is 1.00 bits per heavy atom. The van der Waals surface area contributed by atoms with E-state index in [1.54, 1.807) is 54.6 Å². The zero-order valence-electron chi connectivity index (χ0n) is 17.3. The van der Waals surface area contributed by atoms with E-state index in [9.17, 15) is 10.1 Å². The van der Waals surface area contributed by atoms with Crippen LogP contribution in [0.5, 0.6) is 11.5 Å². The maximum absolute atomic E-state index is 12.5. The van der Waals surface area contributed by atoms with Crippen LogP contribution in [0.25, 0.3) is 6.08 Å². The first-order chi connectivity index (χ1) is 15.5. The molecule has 3 aromatic carbocycles. The second-order valence-electron chi connectivity index (χ2n) is 6.67. The van der Waals surface area contributed by atoms with Gasteiger partial charge in [0.05, 0.1) is 6.61 Å². The largest absolute Gasteiger partial charge is 0.494 e. The van der Waals surface area contributed by atoms with E-state index >= 15 is 0 Å². The Hall–Kier alpha value is -3.08. The number of ether oxygens (including phenoxy) is 2. The van der Waals surface area contributed by atoms with Crippen molar-refractivity contribution in [1.82, 2.24) is 0 Å². The maximum Gasteiger partial charge on any atom is 0.266 e. The summed E-state index contributed by atoms with van der Waals surface area (Å²) in [5.41, 5.74) is 2.34. The Balaban J connectivity index is 1.62. The average Bonchev–Trinajstić information content (AvgIpc) is 2.79. The predicted molar refractivity (Wildman–Crippen MR) is 132 cm³/mol. The molecule has 162 valence electrons. The van der Waals surface area contributed by atoms with E-state index in [1.807, 2.05) is 31.2 Å². The van der Waals surface area contributed by atoms with Crippen LogP contribution in [-0.2, 0) is 11.4 Å². The van der Waals surface area contributed by atoms with Crippen LogP contribution >= 0.6 is 31.9 Å². The molecule has 3 aromatic rings. The van der Waals surface area contributed by atoms with Gasteiger partial charge < -0.3 is 14.8 Å². The minimum absolute atomic E-state index is 0.00588. The fraction of sp³-hybridized carbons (Fsp3) is 0.120. The number of hydrogen-bond donors (Lipinski definition) is 1. The standard InChI is InChI=1S/C25H20Br2N2O3/c1-2-31-22-11-7-21(8-12-22)29-25(30)19(15-28)13-17-3-9-23(10-4-17)32-16-18-5-6-20(26)14-24(18)27/h3-14H,2,16H2,1H3,(H,29,30)/b19-13-. The van der Waals surface area contributed by atoms with Crippen LogP contribution in [0, 0.1) is 11.3 Å². The Morgan fingerprint density at radius 2 is 1.66 bits per heavy atom. The van der Waals surface area contributed by atoms with Crippen molar-refractivity contribution in [1.29, 1.82) is 5.26 Å². The van der Waals surface area contributed by atoms with E-state index in [0.29, 0.717) is 24.7 Å². The van der Waals surface area contributed by atoms with Gasteiger partial charge >= 0.3 is 0 Å². The van der Waals surface area contributed by atoms with Gasteiger partial charge in [-0.3, -0.25) is 4.79 Å². The van der Waals surface area contributed by atoms with Crippen molar-refractivity contribution in [3.05, 3.63) is 92.4 Å². The lowest BCUT2D eigenvalue weighted by Crippen LogP contribution is -2.13. The van der Waals surface area contributed by atoms with Crippen LogP contribution in [-0.4, -0.2) is 12.5 Å². The fourth-order valence-corrected chi connectivity index (χ4v) is 3.94. The highest BCUT2D eigenvalue weighted by molar-refractivity contribution is 9.11. The first-order valence-corrected chi connectivity index (χ1v) is 11.4. The second-order valence-corrected chi connectivity index (χ2v) is 8.44. The number of halogens is 2. The Kier molecular flexibility index (Phi) is 8.48. The number of anilines is 1. The van der Waals surface area contributed by atoms with Gasteiger partial charge in [-0.2, -0.15) is 5.26 Å². The fourth-order valence-electron chi connectivity index (χ4n) is 2.77. The number of benzene rings is 3. The summed E-state index contributed by atoms with van der Waals surface area (Å²) in [6, 6.07) is 22.1. The minimum Gasteiger partial charge on any atom is -0.494 e. The van der Waals surface area contributed by atoms with Crippen molar-refractivity contribution in [3.8, 4) is 17.6 Å². The number of carbonyl (C=O) groups is 1. The highest BCUT2D eigenvalue weighted by atomic mass is 79.9. The number of hydrogen-bond acceptors (Lipinski definition) is 4. The molecule has 0 radical (unpaired) electrons. The molecule has 0 saturated carbocycles. The zero-order valence-corrected chi connectivity index (χ0v) is 20.4. The molecule has 1 amide bonds. The molecule has 3 rings (SSSR count). The normalized spacial score (nSPS) is 10.9. The van der Waals surface area contributed by atoms with Gasteiger partial charge in [-0.25, -0.2) is 0 Å². The minimum atomic E-state index is -0.475. The van der Waals surface area contributed by atoms with Crippen LogP contribution in [0.2, 0.25) is 0 Å². The van der Waals surface area contributed by atoms with Gasteiger partial charge in [0.2, 0.25) is 0 Å². The van der Waals surface area contributed by atoms with Crippen molar-refractivity contribution in [2.75, 3.05) is 11.9 Å². The van der Waals surface area contributed by atoms with Gasteiger partial charge in [0.1, 0.15) is 29.7 Å². The molecule has 0 bridgehead atoms. The van der Waals surface area contributed by atoms with Crippen LogP contribution in [0.4, 0.5) is 5.69 Å². The first-order valence-electron chi connectivity index (χ1n) is 9.81. The number of nitriles is 1. The van der Waals surface area contributed by atoms with Crippen LogP contribution in [0.1, 0.15) is 18.1 Å². The van der Waals surface area contributed by atoms with E-state index in [-0.39, 0.29) is 5.57 Å². The Morgan fingerprint density at radius 3 is 2.28 bits per heavy atom. The lowest BCUT2D eigenvalue weighted by Gasteiger charge is -2.09. The molecule has 0 aromatic heterocycles. The number of nitrogens with one attached hydrogen (secondary N) is 1. The molecular formula is C25H20Br2N2O3. The van der Waals surface area contributed by atoms with E-state index in [0.717, 1.165) is 25.8 Å². The molecule has 32 heavy (non-hydrogen) atoms. The number of carbonyl (C=O) groups excluding carboxylic acids is 1. The second kappa shape index (κ2) is 11.5. The molecule has 0 aliphatic heterocycles. The van der Waals surface area contributed by atoms with Gasteiger partial charge in [0.25, 0.3) is 5.91 Å². The number of rotatable bonds is 8. The lowest BCUT2D eigenvalue weighted by atomic mass is 10.1. The Labute approximate surface area is 203 Å². The first kappa shape index (κ1) is 23.6. The van der Waals surface area contributed by atoms with Crippen LogP contribution in [0.3, 0.4) is 0 Å². The van der Waals surface area contributed by atoms with E-state index in [1.165, 1.54) is 0 Å². The molecule has 0 unspecified atom stereocenters. The maximum atomic E-state index is 12.5. The molecule has 0 saturated heterocycles. The molecule has 1 N–H and O–H groups in total. The van der Waals surface area contributed by atoms with E-state index in [2.05, 4.69) is 37.2 Å². The molecule has 0 aliphatic carbocycles. The number of nitrogens with zero attached hydrogens (tertiary/aromatic N) is 1. The van der Waals surface area contributed by atoms with Gasteiger partial charge in [-0.1, -0.05) is 50.1 Å². The van der Waals surface area contributed by atoms with E-state index < -0.39 is 5.91 Å². The molecule has 0 aliphatic rings. The van der Waals surface area contributed by atoms with Crippen molar-refractivity contribution in [2.45, 2.75) is 13.5 Å². The summed E-state index contributed by atoms with van der Waals surface area (Å²) in [6.07, 6.45) is 1.54. The SMILES string of the molecule is CCOc1ccc(NC(=O)/C(C#N)=C\c2ccc(OCc3ccc(Br)cc3Br)cc2)cc1. The Bertz CT molecular complexity index is 1150. The lowest BCUT2D eigenvalue weighted by molar-refractivity contribution is -0.112. The predicted octanol–water partition coefficient (Wildman–Crippen LogP) is 6.73. The van der Waals surface area contributed by atoms with Crippen molar-refractivity contribution >= 4 is 49.5 Å². The number of amides is 1.